The summed E-state index contributed by atoms with van der Waals surface area (Å²) in [5.41, 5.74) is 5.16. The van der Waals surface area contributed by atoms with Gasteiger partial charge in [-0.1, -0.05) is 32.9 Å². The Kier molecular flexibility index (Phi) is 8.53. The first-order valence-electron chi connectivity index (χ1n) is 11.0. The number of rotatable bonds is 8. The Morgan fingerprint density at radius 1 is 1.11 bits per heavy atom. The molecule has 0 aromatic heterocycles. The molecule has 0 aromatic carbocycles. The Morgan fingerprint density at radius 2 is 1.71 bits per heavy atom. The Bertz CT molecular complexity index is 657. The SMILES string of the molecule is C\C=C(C(/C(C)=N/C=C/CC)=C(/C)N1CCN(C(=O)CC(C)C)CC1)\C1CC1. The van der Waals surface area contributed by atoms with E-state index in [9.17, 15) is 4.79 Å². The van der Waals surface area contributed by atoms with Crippen LogP contribution in [-0.2, 0) is 4.79 Å². The molecule has 1 aliphatic carbocycles. The first kappa shape index (κ1) is 22.4. The van der Waals surface area contributed by atoms with Crippen molar-refractivity contribution >= 4 is 11.6 Å². The molecule has 156 valence electrons. The number of aliphatic imine (C=N–C) groups is 1. The number of nitrogens with zero attached hydrogens (tertiary/aromatic N) is 3. The molecular weight excluding hydrogens is 346 g/mol. The lowest BCUT2D eigenvalue weighted by Crippen LogP contribution is -2.48. The van der Waals surface area contributed by atoms with E-state index in [1.54, 1.807) is 0 Å². The van der Waals surface area contributed by atoms with Crippen LogP contribution in [0.4, 0.5) is 0 Å². The molecule has 0 N–H and O–H groups in total. The van der Waals surface area contributed by atoms with Gasteiger partial charge in [0.25, 0.3) is 0 Å². The van der Waals surface area contributed by atoms with E-state index < -0.39 is 0 Å². The van der Waals surface area contributed by atoms with Crippen molar-refractivity contribution < 1.29 is 4.79 Å². The average molecular weight is 386 g/mol. The summed E-state index contributed by atoms with van der Waals surface area (Å²) in [6, 6.07) is 0. The molecule has 0 aromatic rings. The summed E-state index contributed by atoms with van der Waals surface area (Å²) in [4.78, 5) is 21.6. The van der Waals surface area contributed by atoms with Crippen molar-refractivity contribution in [3.63, 3.8) is 0 Å². The molecule has 0 radical (unpaired) electrons. The molecule has 4 heteroatoms. The van der Waals surface area contributed by atoms with E-state index in [1.165, 1.54) is 29.7 Å². The molecule has 0 unspecified atom stereocenters. The maximum Gasteiger partial charge on any atom is 0.222 e. The van der Waals surface area contributed by atoms with Gasteiger partial charge in [0.1, 0.15) is 0 Å². The molecule has 2 fully saturated rings. The largest absolute Gasteiger partial charge is 0.371 e. The normalized spacial score (nSPS) is 20.2. The fourth-order valence-electron chi connectivity index (χ4n) is 3.92. The van der Waals surface area contributed by atoms with Crippen LogP contribution in [0.1, 0.15) is 67.2 Å². The van der Waals surface area contributed by atoms with Gasteiger partial charge in [-0.15, -0.1) is 0 Å². The van der Waals surface area contributed by atoms with Crippen molar-refractivity contribution in [3.05, 3.63) is 35.2 Å². The summed E-state index contributed by atoms with van der Waals surface area (Å²) in [6.07, 6.45) is 10.5. The van der Waals surface area contributed by atoms with Crippen LogP contribution in [0.2, 0.25) is 0 Å². The molecule has 0 spiro atoms. The van der Waals surface area contributed by atoms with Crippen LogP contribution in [0.3, 0.4) is 0 Å². The third-order valence-electron chi connectivity index (χ3n) is 5.64. The molecule has 0 bridgehead atoms. The van der Waals surface area contributed by atoms with Crippen molar-refractivity contribution in [3.8, 4) is 0 Å². The van der Waals surface area contributed by atoms with Crippen LogP contribution in [0, 0.1) is 11.8 Å². The summed E-state index contributed by atoms with van der Waals surface area (Å²) >= 11 is 0. The second-order valence-corrected chi connectivity index (χ2v) is 8.45. The van der Waals surface area contributed by atoms with Crippen molar-refractivity contribution in [2.75, 3.05) is 26.2 Å². The quantitative estimate of drug-likeness (QED) is 0.426. The molecule has 1 aliphatic heterocycles. The second kappa shape index (κ2) is 10.6. The van der Waals surface area contributed by atoms with Gasteiger partial charge in [-0.25, -0.2) is 0 Å². The van der Waals surface area contributed by atoms with E-state index in [-0.39, 0.29) is 0 Å². The average Bonchev–Trinajstić information content (AvgIpc) is 3.50. The van der Waals surface area contributed by atoms with Crippen molar-refractivity contribution in [1.29, 1.82) is 0 Å². The molecule has 2 aliphatic rings. The van der Waals surface area contributed by atoms with Gasteiger partial charge in [-0.3, -0.25) is 9.79 Å². The molecule has 1 saturated heterocycles. The summed E-state index contributed by atoms with van der Waals surface area (Å²) in [6.45, 7) is 16.3. The fourth-order valence-corrected chi connectivity index (χ4v) is 3.92. The predicted octanol–water partition coefficient (Wildman–Crippen LogP) is 5.19. The Balaban J connectivity index is 2.20. The lowest BCUT2D eigenvalue weighted by molar-refractivity contribution is -0.133. The summed E-state index contributed by atoms with van der Waals surface area (Å²) in [7, 11) is 0. The zero-order chi connectivity index (χ0) is 20.7. The maximum atomic E-state index is 12.4. The number of allylic oxidation sites excluding steroid dienone is 5. The number of amides is 1. The van der Waals surface area contributed by atoms with Crippen LogP contribution in [0.5, 0.6) is 0 Å². The van der Waals surface area contributed by atoms with Crippen LogP contribution in [0.15, 0.2) is 40.2 Å². The van der Waals surface area contributed by atoms with Gasteiger partial charge in [0.2, 0.25) is 5.91 Å². The molecule has 4 nitrogen and oxygen atoms in total. The lowest BCUT2D eigenvalue weighted by Gasteiger charge is -2.38. The molecule has 1 amide bonds. The number of hydrogen-bond acceptors (Lipinski definition) is 3. The Hall–Kier alpha value is -1.84. The molecule has 1 saturated carbocycles. The predicted molar refractivity (Wildman–Crippen MR) is 119 cm³/mol. The van der Waals surface area contributed by atoms with Crippen molar-refractivity contribution in [2.24, 2.45) is 16.8 Å². The van der Waals surface area contributed by atoms with Crippen LogP contribution in [-0.4, -0.2) is 47.6 Å². The smallest absolute Gasteiger partial charge is 0.222 e. The van der Waals surface area contributed by atoms with Gasteiger partial charge in [-0.2, -0.15) is 0 Å². The highest BCUT2D eigenvalue weighted by molar-refractivity contribution is 6.03. The van der Waals surface area contributed by atoms with Gasteiger partial charge >= 0.3 is 0 Å². The van der Waals surface area contributed by atoms with Gasteiger partial charge in [0, 0.05) is 55.8 Å². The minimum absolute atomic E-state index is 0.297. The zero-order valence-corrected chi connectivity index (χ0v) is 18.8. The molecule has 2 rings (SSSR count). The third kappa shape index (κ3) is 6.08. The summed E-state index contributed by atoms with van der Waals surface area (Å²) in [5, 5.41) is 0. The minimum Gasteiger partial charge on any atom is -0.371 e. The molecular formula is C24H39N3O. The highest BCUT2D eigenvalue weighted by atomic mass is 16.2. The van der Waals surface area contributed by atoms with Crippen LogP contribution >= 0.6 is 0 Å². The monoisotopic (exact) mass is 385 g/mol. The van der Waals surface area contributed by atoms with Gasteiger partial charge in [-0.05, 0) is 57.4 Å². The number of piperazine rings is 1. The standard InChI is InChI=1S/C24H39N3O/c1-7-9-12-25-19(5)24(22(8-2)21-10-11-21)20(6)26-13-15-27(16-14-26)23(28)17-18(3)4/h8-9,12,18,21H,7,10-11,13-17H2,1-6H3/b12-9+,22-8-,24-20-,25-19+. The molecule has 28 heavy (non-hydrogen) atoms. The highest BCUT2D eigenvalue weighted by Gasteiger charge is 2.31. The first-order chi connectivity index (χ1) is 13.4. The van der Waals surface area contributed by atoms with Gasteiger partial charge in [0.05, 0.1) is 0 Å². The highest BCUT2D eigenvalue weighted by Crippen LogP contribution is 2.41. The summed E-state index contributed by atoms with van der Waals surface area (Å²) < 4.78 is 0. The number of carbonyl (C=O) groups excluding carboxylic acids is 1. The van der Waals surface area contributed by atoms with Crippen molar-refractivity contribution in [2.45, 2.75) is 67.2 Å². The summed E-state index contributed by atoms with van der Waals surface area (Å²) in [5.74, 6) is 1.40. The Labute approximate surface area is 172 Å². The van der Waals surface area contributed by atoms with Crippen LogP contribution in [0.25, 0.3) is 0 Å². The van der Waals surface area contributed by atoms with E-state index in [4.69, 9.17) is 4.99 Å². The van der Waals surface area contributed by atoms with E-state index in [2.05, 4.69) is 58.6 Å². The fraction of sp³-hybridized carbons (Fsp3) is 0.667. The molecule has 0 atom stereocenters. The van der Waals surface area contributed by atoms with E-state index in [0.717, 1.165) is 38.3 Å². The third-order valence-corrected chi connectivity index (χ3v) is 5.64. The van der Waals surface area contributed by atoms with E-state index in [0.29, 0.717) is 24.2 Å². The number of carbonyl (C=O) groups is 1. The van der Waals surface area contributed by atoms with E-state index >= 15 is 0 Å². The van der Waals surface area contributed by atoms with Crippen molar-refractivity contribution in [1.82, 2.24) is 9.80 Å². The minimum atomic E-state index is 0.297. The van der Waals surface area contributed by atoms with Gasteiger partial charge < -0.3 is 9.80 Å². The van der Waals surface area contributed by atoms with Gasteiger partial charge in [0.15, 0.2) is 0 Å². The number of hydrogen-bond donors (Lipinski definition) is 0. The molecule has 1 heterocycles. The first-order valence-corrected chi connectivity index (χ1v) is 11.0. The second-order valence-electron chi connectivity index (χ2n) is 8.45. The topological polar surface area (TPSA) is 35.9 Å². The Morgan fingerprint density at radius 3 is 2.21 bits per heavy atom. The maximum absolute atomic E-state index is 12.4. The van der Waals surface area contributed by atoms with E-state index in [1.807, 2.05) is 11.1 Å². The van der Waals surface area contributed by atoms with Crippen LogP contribution < -0.4 is 0 Å². The lowest BCUT2D eigenvalue weighted by atomic mass is 9.94. The zero-order valence-electron chi connectivity index (χ0n) is 18.8.